The topological polar surface area (TPSA) is 52.6 Å². The molecule has 0 N–H and O–H groups in total. The second-order valence-electron chi connectivity index (χ2n) is 8.18. The Balaban J connectivity index is 1.96. The van der Waals surface area contributed by atoms with Crippen molar-refractivity contribution < 1.29 is 19.1 Å². The van der Waals surface area contributed by atoms with Crippen molar-refractivity contribution in [1.29, 1.82) is 0 Å². The van der Waals surface area contributed by atoms with Gasteiger partial charge in [0.25, 0.3) is 0 Å². The molecule has 2 rings (SSSR count). The highest BCUT2D eigenvalue weighted by Gasteiger charge is 2.23. The van der Waals surface area contributed by atoms with Crippen LogP contribution in [0, 0.1) is 6.58 Å². The number of hydrogen-bond acceptors (Lipinski definition) is 4. The Morgan fingerprint density at radius 1 is 0.806 bits per heavy atom. The average molecular weight is 420 g/mol. The highest BCUT2D eigenvalue weighted by Crippen LogP contribution is 2.33. The number of hydrogen-bond donors (Lipinski definition) is 0. The maximum atomic E-state index is 11.6. The Kier molecular flexibility index (Phi) is 8.38. The quantitative estimate of drug-likeness (QED) is 0.418. The normalized spacial score (nSPS) is 11.0. The number of Topliss-reactive ketones (excluding diaryl/α,β-unsaturated/α-hetero) is 2. The van der Waals surface area contributed by atoms with Gasteiger partial charge in [-0.05, 0) is 60.4 Å². The van der Waals surface area contributed by atoms with Crippen LogP contribution in [-0.4, -0.2) is 24.8 Å². The lowest BCUT2D eigenvalue weighted by atomic mass is 9.78. The van der Waals surface area contributed by atoms with E-state index in [-0.39, 0.29) is 23.4 Å². The number of rotatable bonds is 12. The van der Waals surface area contributed by atoms with Gasteiger partial charge >= 0.3 is 0 Å². The highest BCUT2D eigenvalue weighted by molar-refractivity contribution is 5.94. The third-order valence-electron chi connectivity index (χ3n) is 5.26. The zero-order chi connectivity index (χ0) is 23.0. The Bertz CT molecular complexity index is 857. The zero-order valence-corrected chi connectivity index (χ0v) is 18.9. The number of allylic oxidation sites excluding steroid dienone is 2. The lowest BCUT2D eigenvalue weighted by Gasteiger charge is -2.26. The molecular weight excluding hydrogens is 388 g/mol. The fraction of sp³-hybridized carbons (Fsp3) is 0.333. The van der Waals surface area contributed by atoms with Crippen LogP contribution in [0.25, 0.3) is 0 Å². The molecule has 0 aliphatic heterocycles. The summed E-state index contributed by atoms with van der Waals surface area (Å²) in [6, 6.07) is 15.8. The van der Waals surface area contributed by atoms with Crippen LogP contribution < -0.4 is 9.47 Å². The molecule has 0 atom stereocenters. The molecule has 0 amide bonds. The molecule has 0 fully saturated rings. The van der Waals surface area contributed by atoms with Gasteiger partial charge in [-0.1, -0.05) is 51.3 Å². The summed E-state index contributed by atoms with van der Waals surface area (Å²) in [5, 5.41) is 0. The van der Waals surface area contributed by atoms with Crippen molar-refractivity contribution in [3.05, 3.63) is 84.0 Å². The SMILES string of the molecule is [CH]=C(C)C(=O)CCOc1ccc(C(C)(C)c2ccc(OCCC(=O)C(=C)C)cc2)cc1. The second-order valence-corrected chi connectivity index (χ2v) is 8.18. The summed E-state index contributed by atoms with van der Waals surface area (Å²) in [6.07, 6.45) is 0.598. The van der Waals surface area contributed by atoms with Gasteiger partial charge in [-0.15, -0.1) is 0 Å². The van der Waals surface area contributed by atoms with Gasteiger partial charge in [0, 0.05) is 18.3 Å². The Labute approximate surface area is 185 Å². The lowest BCUT2D eigenvalue weighted by Crippen LogP contribution is -2.18. The number of ketones is 2. The van der Waals surface area contributed by atoms with E-state index in [2.05, 4.69) is 20.4 Å². The first-order chi connectivity index (χ1) is 14.6. The maximum absolute atomic E-state index is 11.6. The third-order valence-corrected chi connectivity index (χ3v) is 5.26. The van der Waals surface area contributed by atoms with E-state index in [4.69, 9.17) is 16.1 Å². The van der Waals surface area contributed by atoms with Gasteiger partial charge in [0.2, 0.25) is 0 Å². The monoisotopic (exact) mass is 419 g/mol. The lowest BCUT2D eigenvalue weighted by molar-refractivity contribution is -0.116. The number of benzene rings is 2. The molecular formula is C27H31O4. The molecule has 2 aromatic rings. The molecule has 4 nitrogen and oxygen atoms in total. The average Bonchev–Trinajstić information content (AvgIpc) is 2.74. The molecule has 31 heavy (non-hydrogen) atoms. The van der Waals surface area contributed by atoms with Gasteiger partial charge in [0.15, 0.2) is 11.6 Å². The van der Waals surface area contributed by atoms with Crippen molar-refractivity contribution >= 4 is 11.6 Å². The van der Waals surface area contributed by atoms with E-state index in [1.165, 1.54) is 0 Å². The first-order valence-corrected chi connectivity index (χ1v) is 10.4. The number of carbonyl (C=O) groups is 2. The van der Waals surface area contributed by atoms with E-state index in [0.717, 1.165) is 22.6 Å². The Morgan fingerprint density at radius 2 is 1.19 bits per heavy atom. The van der Waals surface area contributed by atoms with E-state index < -0.39 is 0 Å². The van der Waals surface area contributed by atoms with Gasteiger partial charge in [-0.3, -0.25) is 9.59 Å². The highest BCUT2D eigenvalue weighted by atomic mass is 16.5. The molecule has 0 saturated heterocycles. The van der Waals surface area contributed by atoms with Crippen LogP contribution in [0.1, 0.15) is 51.7 Å². The predicted octanol–water partition coefficient (Wildman–Crippen LogP) is 5.64. The van der Waals surface area contributed by atoms with Gasteiger partial charge in [-0.25, -0.2) is 0 Å². The van der Waals surface area contributed by atoms with E-state index >= 15 is 0 Å². The summed E-state index contributed by atoms with van der Waals surface area (Å²) in [5.41, 5.74) is 2.93. The second kappa shape index (κ2) is 10.8. The van der Waals surface area contributed by atoms with Crippen molar-refractivity contribution in [1.82, 2.24) is 0 Å². The van der Waals surface area contributed by atoms with E-state index in [0.29, 0.717) is 30.8 Å². The summed E-state index contributed by atoms with van der Waals surface area (Å²) < 4.78 is 11.3. The van der Waals surface area contributed by atoms with Crippen LogP contribution in [0.2, 0.25) is 0 Å². The molecule has 0 spiro atoms. The molecule has 0 aliphatic rings. The van der Waals surface area contributed by atoms with Gasteiger partial charge in [0.05, 0.1) is 13.2 Å². The fourth-order valence-corrected chi connectivity index (χ4v) is 3.04. The summed E-state index contributed by atoms with van der Waals surface area (Å²) in [7, 11) is 0. The van der Waals surface area contributed by atoms with Gasteiger partial charge in [-0.2, -0.15) is 0 Å². The minimum Gasteiger partial charge on any atom is -0.493 e. The van der Waals surface area contributed by atoms with Crippen molar-refractivity contribution in [2.75, 3.05) is 13.2 Å². The predicted molar refractivity (Wildman–Crippen MR) is 124 cm³/mol. The van der Waals surface area contributed by atoms with E-state index in [1.807, 2.05) is 48.5 Å². The maximum Gasteiger partial charge on any atom is 0.161 e. The molecule has 1 radical (unpaired) electrons. The van der Waals surface area contributed by atoms with Crippen molar-refractivity contribution in [2.24, 2.45) is 0 Å². The molecule has 0 bridgehead atoms. The summed E-state index contributed by atoms with van der Waals surface area (Å²) in [6.45, 7) is 17.4. The molecule has 163 valence electrons. The van der Waals surface area contributed by atoms with Crippen LogP contribution >= 0.6 is 0 Å². The van der Waals surface area contributed by atoms with Crippen LogP contribution in [0.5, 0.6) is 11.5 Å². The molecule has 0 unspecified atom stereocenters. The minimum absolute atomic E-state index is 0.0182. The third kappa shape index (κ3) is 6.95. The van der Waals surface area contributed by atoms with Crippen molar-refractivity contribution in [3.63, 3.8) is 0 Å². The molecule has 0 saturated carbocycles. The zero-order valence-electron chi connectivity index (χ0n) is 18.9. The van der Waals surface area contributed by atoms with E-state index in [1.54, 1.807) is 13.8 Å². The smallest absolute Gasteiger partial charge is 0.161 e. The standard InChI is InChI=1S/C27H31O4/c1-19(2)25(28)15-17-30-23-11-7-21(8-12-23)27(5,6)22-9-13-24(14-10-22)31-18-16-26(29)20(3)4/h1,7-14H,3,15-18H2,2,4-6H3. The van der Waals surface area contributed by atoms with Crippen molar-refractivity contribution in [3.8, 4) is 11.5 Å². The summed E-state index contributed by atoms with van der Waals surface area (Å²) in [4.78, 5) is 23.1. The number of carbonyl (C=O) groups excluding carboxylic acids is 2. The minimum atomic E-state index is -0.214. The largest absolute Gasteiger partial charge is 0.493 e. The van der Waals surface area contributed by atoms with E-state index in [9.17, 15) is 9.59 Å². The molecule has 2 aromatic carbocycles. The van der Waals surface area contributed by atoms with Crippen LogP contribution in [0.3, 0.4) is 0 Å². The molecule has 0 aromatic heterocycles. The van der Waals surface area contributed by atoms with Crippen LogP contribution in [0.4, 0.5) is 0 Å². The van der Waals surface area contributed by atoms with Crippen LogP contribution in [-0.2, 0) is 15.0 Å². The summed E-state index contributed by atoms with van der Waals surface area (Å²) >= 11 is 0. The first-order valence-electron chi connectivity index (χ1n) is 10.4. The summed E-state index contributed by atoms with van der Waals surface area (Å²) in [5.74, 6) is 1.38. The van der Waals surface area contributed by atoms with Crippen LogP contribution in [0.15, 0.2) is 66.3 Å². The Morgan fingerprint density at radius 3 is 1.55 bits per heavy atom. The molecule has 0 aliphatic carbocycles. The fourth-order valence-electron chi connectivity index (χ4n) is 3.04. The number of ether oxygens (including phenoxy) is 2. The van der Waals surface area contributed by atoms with Gasteiger partial charge in [0.1, 0.15) is 11.5 Å². The Hall–Kier alpha value is -3.14. The first kappa shape index (κ1) is 24.1. The van der Waals surface area contributed by atoms with Crippen molar-refractivity contribution in [2.45, 2.75) is 46.0 Å². The van der Waals surface area contributed by atoms with Gasteiger partial charge < -0.3 is 9.47 Å². The molecule has 0 heterocycles. The molecule has 4 heteroatoms.